The minimum atomic E-state index is -2.29. The number of aromatic nitrogens is 3. The Bertz CT molecular complexity index is 2520. The number of fused-ring (bicyclic) bond motifs is 6. The summed E-state index contributed by atoms with van der Waals surface area (Å²) in [5.74, 6) is -8.45. The monoisotopic (exact) mass is 862 g/mol. The van der Waals surface area contributed by atoms with E-state index in [1.54, 1.807) is 42.6 Å². The Morgan fingerprint density at radius 3 is 2.35 bits per heavy atom. The first kappa shape index (κ1) is 42.1. The van der Waals surface area contributed by atoms with Crippen molar-refractivity contribution >= 4 is 64.1 Å². The molecule has 2 bridgehead atoms. The number of nitrogens with zero attached hydrogens (tertiary/aromatic N) is 3. The second kappa shape index (κ2) is 16.7. The first-order valence-corrected chi connectivity index (χ1v) is 20.3. The highest BCUT2D eigenvalue weighted by atomic mass is 16.2. The molecule has 8 atom stereocenters. The lowest BCUT2D eigenvalue weighted by atomic mass is 9.58. The summed E-state index contributed by atoms with van der Waals surface area (Å²) in [6.07, 6.45) is 2.73. The Morgan fingerprint density at radius 2 is 1.62 bits per heavy atom. The molecule has 4 fully saturated rings. The van der Waals surface area contributed by atoms with Crippen molar-refractivity contribution in [2.24, 2.45) is 28.1 Å². The van der Waals surface area contributed by atoms with Crippen LogP contribution in [0.1, 0.15) is 29.7 Å². The van der Waals surface area contributed by atoms with Crippen LogP contribution >= 0.6 is 0 Å². The lowest BCUT2D eigenvalue weighted by Crippen LogP contribution is -2.86. The number of primary amides is 1. The Kier molecular flexibility index (Phi) is 11.1. The van der Waals surface area contributed by atoms with E-state index in [-0.39, 0.29) is 38.2 Å². The van der Waals surface area contributed by atoms with E-state index in [0.29, 0.717) is 16.8 Å². The molecule has 2 aromatic heterocycles. The largest absolute Gasteiger partial charge is 0.370 e. The van der Waals surface area contributed by atoms with Crippen LogP contribution in [0.3, 0.4) is 0 Å². The zero-order chi connectivity index (χ0) is 44.6. The molecule has 328 valence electrons. The molecule has 63 heavy (non-hydrogen) atoms. The maximum atomic E-state index is 15.5. The molecule has 8 amide bonds. The van der Waals surface area contributed by atoms with E-state index in [9.17, 15) is 24.0 Å². The van der Waals surface area contributed by atoms with Gasteiger partial charge in [-0.15, -0.1) is 0 Å². The number of imide groups is 1. The molecule has 22 nitrogen and oxygen atoms in total. The second-order valence-electron chi connectivity index (χ2n) is 16.2. The van der Waals surface area contributed by atoms with Crippen molar-refractivity contribution in [3.05, 3.63) is 90.1 Å². The molecular weight excluding hydrogens is 817 g/mol. The summed E-state index contributed by atoms with van der Waals surface area (Å²) in [4.78, 5) is 131. The fourth-order valence-corrected chi connectivity index (χ4v) is 9.49. The number of urea groups is 1. The number of nitrogens with two attached hydrogens (primary N) is 3. The van der Waals surface area contributed by atoms with Gasteiger partial charge in [0.1, 0.15) is 41.5 Å². The van der Waals surface area contributed by atoms with Crippen molar-refractivity contribution in [1.29, 1.82) is 0 Å². The number of amides is 8. The molecule has 4 aliphatic rings. The predicted octanol–water partition coefficient (Wildman–Crippen LogP) is -3.39. The number of rotatable bonds is 10. The SMILES string of the molecule is NC(=O)[C@@H]1CNC2(CCN=C(N)N)C3C(=O)C[C@@H]4NC(=O)N(C4=O)[C@@H](Cc4cnc[nH]4)C(=O)NC3(Cc3ccccc3)C(=O)N[C@@H]2C(=O)N[C@@H](Cc2c[nH]c3ccccc23)C(=O)N1. The van der Waals surface area contributed by atoms with Crippen LogP contribution in [-0.4, -0.2) is 127 Å². The number of H-pyrrole nitrogens is 2. The van der Waals surface area contributed by atoms with Gasteiger partial charge in [0.25, 0.3) is 5.91 Å². The number of piperidine rings is 1. The molecule has 2 aromatic carbocycles. The highest BCUT2D eigenvalue weighted by Gasteiger charge is 2.68. The topological polar surface area (TPSA) is 347 Å². The highest BCUT2D eigenvalue weighted by molar-refractivity contribution is 6.12. The average Bonchev–Trinajstić information content (AvgIpc) is 3.98. The summed E-state index contributed by atoms with van der Waals surface area (Å²) in [5, 5.41) is 17.5. The minimum Gasteiger partial charge on any atom is -0.370 e. The van der Waals surface area contributed by atoms with Gasteiger partial charge < -0.3 is 59.1 Å². The summed E-state index contributed by atoms with van der Waals surface area (Å²) in [6.45, 7) is -0.785. The van der Waals surface area contributed by atoms with Gasteiger partial charge in [-0.2, -0.15) is 0 Å². The van der Waals surface area contributed by atoms with Crippen molar-refractivity contribution in [1.82, 2.24) is 51.8 Å². The fourth-order valence-electron chi connectivity index (χ4n) is 9.49. The second-order valence-corrected chi connectivity index (χ2v) is 16.2. The maximum Gasteiger partial charge on any atom is 0.325 e. The number of aromatic amines is 2. The molecule has 22 heteroatoms. The third kappa shape index (κ3) is 7.79. The van der Waals surface area contributed by atoms with Gasteiger partial charge in [0.15, 0.2) is 5.96 Å². The van der Waals surface area contributed by atoms with Crippen molar-refractivity contribution in [2.75, 3.05) is 13.1 Å². The van der Waals surface area contributed by atoms with Crippen molar-refractivity contribution in [3.63, 3.8) is 0 Å². The van der Waals surface area contributed by atoms with Crippen LogP contribution in [0, 0.1) is 5.92 Å². The number of ketones is 1. The Balaban J connectivity index is 1.32. The highest BCUT2D eigenvalue weighted by Crippen LogP contribution is 2.43. The predicted molar refractivity (Wildman–Crippen MR) is 222 cm³/mol. The Morgan fingerprint density at radius 1 is 0.857 bits per heavy atom. The van der Waals surface area contributed by atoms with E-state index in [2.05, 4.69) is 51.8 Å². The molecule has 8 rings (SSSR count). The first-order chi connectivity index (χ1) is 30.2. The quantitative estimate of drug-likeness (QED) is 0.0423. The maximum absolute atomic E-state index is 15.5. The number of carbonyl (C=O) groups is 8. The molecule has 0 aliphatic carbocycles. The summed E-state index contributed by atoms with van der Waals surface area (Å²) in [5.41, 5.74) is 15.4. The molecule has 3 unspecified atom stereocenters. The van der Waals surface area contributed by atoms with E-state index in [0.717, 1.165) is 15.8 Å². The van der Waals surface area contributed by atoms with Gasteiger partial charge >= 0.3 is 6.03 Å². The molecule has 6 heterocycles. The van der Waals surface area contributed by atoms with E-state index < -0.39 is 107 Å². The molecule has 4 aliphatic heterocycles. The van der Waals surface area contributed by atoms with Crippen LogP contribution < -0.4 is 49.1 Å². The molecular formula is C41H46N14O8. The van der Waals surface area contributed by atoms with Crippen LogP contribution in [0.2, 0.25) is 0 Å². The van der Waals surface area contributed by atoms with Crippen LogP contribution in [0.25, 0.3) is 10.9 Å². The van der Waals surface area contributed by atoms with Gasteiger partial charge in [0.2, 0.25) is 29.5 Å². The standard InChI is InChI=1S/C41H46N14O8/c42-32(57)27-18-49-40(10-11-46-38(43)44)30-29(56)14-26-36(61)55(39(63)52-26)28(13-22-17-45-19-48-22)34(59)54-41(30,15-20-6-2-1-3-7-20)37(62)53-31(40)35(60)50-25(33(58)51-27)12-21-16-47-24-9-5-4-8-23(21)24/h1-9,16-17,19,25-28,30-31,47,49H,10-15,18H2,(H2,42,57)(H,45,48)(H,50,60)(H,51,58)(H,52,63)(H,53,62)(H,54,59)(H4,43,44,46)/t25-,26-,27-,28-,30?,31+,40?,41?/m0/s1. The third-order valence-corrected chi connectivity index (χ3v) is 12.3. The van der Waals surface area contributed by atoms with E-state index in [1.807, 2.05) is 18.2 Å². The summed E-state index contributed by atoms with van der Waals surface area (Å²) < 4.78 is 0. The van der Waals surface area contributed by atoms with Crippen LogP contribution in [0.4, 0.5) is 4.79 Å². The van der Waals surface area contributed by atoms with Gasteiger partial charge in [-0.05, 0) is 23.6 Å². The van der Waals surface area contributed by atoms with Crippen LogP contribution in [-0.2, 0) is 52.8 Å². The Labute approximate surface area is 358 Å². The number of nitrogens with one attached hydrogen (secondary N) is 8. The lowest BCUT2D eigenvalue weighted by Gasteiger charge is -2.57. The molecule has 0 radical (unpaired) electrons. The van der Waals surface area contributed by atoms with Gasteiger partial charge in [-0.1, -0.05) is 48.5 Å². The van der Waals surface area contributed by atoms with Gasteiger partial charge in [0.05, 0.1) is 17.8 Å². The average molecular weight is 863 g/mol. The van der Waals surface area contributed by atoms with Crippen molar-refractivity contribution < 1.29 is 38.4 Å². The molecule has 0 saturated carbocycles. The van der Waals surface area contributed by atoms with E-state index in [4.69, 9.17) is 17.2 Å². The van der Waals surface area contributed by atoms with Crippen LogP contribution in [0.15, 0.2) is 78.3 Å². The number of hydrogen-bond acceptors (Lipinski definition) is 11. The molecule has 4 aromatic rings. The molecule has 14 N–H and O–H groups in total. The van der Waals surface area contributed by atoms with Gasteiger partial charge in [0, 0.05) is 67.8 Å². The smallest absolute Gasteiger partial charge is 0.325 e. The van der Waals surface area contributed by atoms with Crippen LogP contribution in [0.5, 0.6) is 0 Å². The van der Waals surface area contributed by atoms with E-state index >= 15 is 14.4 Å². The minimum absolute atomic E-state index is 0.0871. The normalized spacial score (nSPS) is 28.7. The molecule has 4 saturated heterocycles. The summed E-state index contributed by atoms with van der Waals surface area (Å²) in [7, 11) is 0. The van der Waals surface area contributed by atoms with Crippen molar-refractivity contribution in [3.8, 4) is 0 Å². The Hall–Kier alpha value is -7.62. The number of aliphatic imine (C=N–C) groups is 1. The third-order valence-electron chi connectivity index (χ3n) is 12.3. The number of hydrogen-bond donors (Lipinski definition) is 11. The number of para-hydroxylation sites is 1. The van der Waals surface area contributed by atoms with E-state index in [1.165, 1.54) is 12.5 Å². The number of Topliss-reactive ketones (excluding diaryl/α,β-unsaturated/α-hetero) is 1. The van der Waals surface area contributed by atoms with Crippen molar-refractivity contribution in [2.45, 2.75) is 73.4 Å². The molecule has 0 spiro atoms. The fraction of sp³-hybridized carbons (Fsp3) is 0.366. The van der Waals surface area contributed by atoms with Gasteiger partial charge in [-0.25, -0.2) is 14.7 Å². The zero-order valence-electron chi connectivity index (χ0n) is 33.7. The number of guanidine groups is 1. The van der Waals surface area contributed by atoms with Gasteiger partial charge in [-0.3, -0.25) is 38.6 Å². The summed E-state index contributed by atoms with van der Waals surface area (Å²) >= 11 is 0. The number of imidazole rings is 1. The summed E-state index contributed by atoms with van der Waals surface area (Å²) in [6, 6.07) is 7.21. The lowest BCUT2D eigenvalue weighted by molar-refractivity contribution is -0.158. The number of carbonyl (C=O) groups excluding carboxylic acids is 8. The zero-order valence-corrected chi connectivity index (χ0v) is 33.7. The number of benzene rings is 2. The first-order valence-electron chi connectivity index (χ1n) is 20.3.